The Kier molecular flexibility index (Phi) is 3.31. The van der Waals surface area contributed by atoms with Crippen molar-refractivity contribution >= 4 is 5.91 Å². The molecule has 1 aliphatic carbocycles. The second-order valence-corrected chi connectivity index (χ2v) is 4.52. The number of carbonyl (C=O) groups excluding carboxylic acids is 1. The number of ether oxygens (including phenoxy) is 1. The lowest BCUT2D eigenvalue weighted by atomic mass is 10.2. The maximum Gasteiger partial charge on any atom is 0.275 e. The molecule has 1 fully saturated rings. The molecule has 0 aliphatic heterocycles. The SMILES string of the molecule is CCc1ccc(OC2CC2)c(C(=O)N(C)C)n1. The molecule has 0 spiro atoms. The first-order valence-corrected chi connectivity index (χ1v) is 6.00. The highest BCUT2D eigenvalue weighted by Crippen LogP contribution is 2.29. The summed E-state index contributed by atoms with van der Waals surface area (Å²) in [6, 6.07) is 3.78. The Hall–Kier alpha value is -1.58. The summed E-state index contributed by atoms with van der Waals surface area (Å²) >= 11 is 0. The molecule has 17 heavy (non-hydrogen) atoms. The summed E-state index contributed by atoms with van der Waals surface area (Å²) in [5.74, 6) is 0.513. The fraction of sp³-hybridized carbons (Fsp3) is 0.538. The average molecular weight is 234 g/mol. The van der Waals surface area contributed by atoms with Crippen LogP contribution in [0, 0.1) is 0 Å². The summed E-state index contributed by atoms with van der Waals surface area (Å²) in [5, 5.41) is 0. The maximum atomic E-state index is 12.0. The molecule has 1 amide bonds. The van der Waals surface area contributed by atoms with Gasteiger partial charge in [0.15, 0.2) is 11.4 Å². The van der Waals surface area contributed by atoms with E-state index in [4.69, 9.17) is 4.74 Å². The van der Waals surface area contributed by atoms with E-state index in [0.717, 1.165) is 25.0 Å². The van der Waals surface area contributed by atoms with Gasteiger partial charge in [-0.25, -0.2) is 4.98 Å². The molecule has 1 aliphatic rings. The van der Waals surface area contributed by atoms with Crippen LogP contribution in [-0.2, 0) is 6.42 Å². The topological polar surface area (TPSA) is 42.4 Å². The molecule has 0 unspecified atom stereocenters. The summed E-state index contributed by atoms with van der Waals surface area (Å²) in [6.45, 7) is 2.02. The molecule has 0 N–H and O–H groups in total. The maximum absolute atomic E-state index is 12.0. The fourth-order valence-electron chi connectivity index (χ4n) is 1.51. The van der Waals surface area contributed by atoms with Gasteiger partial charge in [0.2, 0.25) is 0 Å². The summed E-state index contributed by atoms with van der Waals surface area (Å²) in [7, 11) is 3.45. The van der Waals surface area contributed by atoms with E-state index in [1.807, 2.05) is 19.1 Å². The first-order valence-electron chi connectivity index (χ1n) is 6.00. The van der Waals surface area contributed by atoms with Crippen molar-refractivity contribution in [3.63, 3.8) is 0 Å². The van der Waals surface area contributed by atoms with Crippen LogP contribution in [0.4, 0.5) is 0 Å². The number of aryl methyl sites for hydroxylation is 1. The van der Waals surface area contributed by atoms with Gasteiger partial charge in [0.25, 0.3) is 5.91 Å². The highest BCUT2D eigenvalue weighted by Gasteiger charge is 2.26. The molecule has 4 heteroatoms. The minimum Gasteiger partial charge on any atom is -0.488 e. The number of pyridine rings is 1. The van der Waals surface area contributed by atoms with Crippen molar-refractivity contribution < 1.29 is 9.53 Å². The van der Waals surface area contributed by atoms with Crippen LogP contribution >= 0.6 is 0 Å². The minimum atomic E-state index is -0.101. The van der Waals surface area contributed by atoms with Gasteiger partial charge in [-0.3, -0.25) is 4.79 Å². The number of hydrogen-bond acceptors (Lipinski definition) is 3. The summed E-state index contributed by atoms with van der Waals surface area (Å²) in [4.78, 5) is 17.9. The first-order chi connectivity index (χ1) is 8.11. The first kappa shape index (κ1) is 11.9. The van der Waals surface area contributed by atoms with Crippen LogP contribution < -0.4 is 4.74 Å². The number of amides is 1. The molecule has 0 saturated heterocycles. The second kappa shape index (κ2) is 4.73. The molecule has 0 radical (unpaired) electrons. The smallest absolute Gasteiger partial charge is 0.275 e. The molecule has 0 aromatic carbocycles. The Balaban J connectivity index is 2.31. The van der Waals surface area contributed by atoms with Gasteiger partial charge in [0.05, 0.1) is 6.10 Å². The van der Waals surface area contributed by atoms with Crippen LogP contribution in [0.15, 0.2) is 12.1 Å². The van der Waals surface area contributed by atoms with E-state index in [2.05, 4.69) is 4.98 Å². The van der Waals surface area contributed by atoms with Gasteiger partial charge in [-0.1, -0.05) is 6.92 Å². The Bertz CT molecular complexity index is 425. The van der Waals surface area contributed by atoms with E-state index in [1.165, 1.54) is 4.90 Å². The van der Waals surface area contributed by atoms with Crippen molar-refractivity contribution in [3.05, 3.63) is 23.5 Å². The number of rotatable bonds is 4. The summed E-state index contributed by atoms with van der Waals surface area (Å²) in [5.41, 5.74) is 1.35. The van der Waals surface area contributed by atoms with E-state index in [-0.39, 0.29) is 12.0 Å². The van der Waals surface area contributed by atoms with E-state index >= 15 is 0 Å². The predicted molar refractivity (Wildman–Crippen MR) is 65.3 cm³/mol. The van der Waals surface area contributed by atoms with E-state index < -0.39 is 0 Å². The van der Waals surface area contributed by atoms with Crippen LogP contribution in [0.2, 0.25) is 0 Å². The Morgan fingerprint density at radius 3 is 2.71 bits per heavy atom. The largest absolute Gasteiger partial charge is 0.488 e. The lowest BCUT2D eigenvalue weighted by Crippen LogP contribution is -2.24. The molecule has 2 rings (SSSR count). The Morgan fingerprint density at radius 2 is 2.18 bits per heavy atom. The van der Waals surface area contributed by atoms with Crippen molar-refractivity contribution in [2.24, 2.45) is 0 Å². The van der Waals surface area contributed by atoms with Crippen LogP contribution in [0.3, 0.4) is 0 Å². The zero-order valence-electron chi connectivity index (χ0n) is 10.6. The molecule has 1 aromatic heterocycles. The zero-order valence-corrected chi connectivity index (χ0v) is 10.6. The van der Waals surface area contributed by atoms with Gasteiger partial charge in [0, 0.05) is 19.8 Å². The monoisotopic (exact) mass is 234 g/mol. The van der Waals surface area contributed by atoms with Crippen LogP contribution in [0.5, 0.6) is 5.75 Å². The lowest BCUT2D eigenvalue weighted by molar-refractivity contribution is 0.0816. The molecule has 1 aromatic rings. The number of hydrogen-bond donors (Lipinski definition) is 0. The molecule has 1 heterocycles. The van der Waals surface area contributed by atoms with Crippen molar-refractivity contribution in [1.29, 1.82) is 0 Å². The molecular weight excluding hydrogens is 216 g/mol. The zero-order chi connectivity index (χ0) is 12.4. The Labute approximate surface area is 102 Å². The van der Waals surface area contributed by atoms with E-state index in [0.29, 0.717) is 11.4 Å². The molecule has 92 valence electrons. The number of nitrogens with zero attached hydrogens (tertiary/aromatic N) is 2. The predicted octanol–water partition coefficient (Wildman–Crippen LogP) is 1.89. The van der Waals surface area contributed by atoms with Crippen molar-refractivity contribution in [2.75, 3.05) is 14.1 Å². The van der Waals surface area contributed by atoms with Crippen LogP contribution in [0.25, 0.3) is 0 Å². The number of aromatic nitrogens is 1. The number of carbonyl (C=O) groups is 1. The molecule has 1 saturated carbocycles. The summed E-state index contributed by atoms with van der Waals surface area (Å²) < 4.78 is 5.72. The molecule has 4 nitrogen and oxygen atoms in total. The molecule has 0 atom stereocenters. The van der Waals surface area contributed by atoms with Crippen molar-refractivity contribution in [1.82, 2.24) is 9.88 Å². The van der Waals surface area contributed by atoms with Gasteiger partial charge in [0.1, 0.15) is 0 Å². The lowest BCUT2D eigenvalue weighted by Gasteiger charge is -2.14. The second-order valence-electron chi connectivity index (χ2n) is 4.52. The van der Waals surface area contributed by atoms with Crippen LogP contribution in [0.1, 0.15) is 35.9 Å². The Morgan fingerprint density at radius 1 is 1.47 bits per heavy atom. The normalized spacial score (nSPS) is 14.5. The van der Waals surface area contributed by atoms with Gasteiger partial charge < -0.3 is 9.64 Å². The quantitative estimate of drug-likeness (QED) is 0.799. The van der Waals surface area contributed by atoms with Gasteiger partial charge >= 0.3 is 0 Å². The third-order valence-electron chi connectivity index (χ3n) is 2.70. The standard InChI is InChI=1S/C13H18N2O2/c1-4-9-5-8-11(17-10-6-7-10)12(14-9)13(16)15(2)3/h5,8,10H,4,6-7H2,1-3H3. The van der Waals surface area contributed by atoms with Crippen molar-refractivity contribution in [2.45, 2.75) is 32.3 Å². The van der Waals surface area contributed by atoms with Crippen molar-refractivity contribution in [3.8, 4) is 5.75 Å². The third kappa shape index (κ3) is 2.75. The average Bonchev–Trinajstić information content (AvgIpc) is 3.12. The highest BCUT2D eigenvalue weighted by molar-refractivity contribution is 5.94. The molecular formula is C13H18N2O2. The van der Waals surface area contributed by atoms with E-state index in [1.54, 1.807) is 14.1 Å². The van der Waals surface area contributed by atoms with Gasteiger partial charge in [-0.15, -0.1) is 0 Å². The van der Waals surface area contributed by atoms with Crippen LogP contribution in [-0.4, -0.2) is 36.0 Å². The third-order valence-corrected chi connectivity index (χ3v) is 2.70. The fourth-order valence-corrected chi connectivity index (χ4v) is 1.51. The summed E-state index contributed by atoms with van der Waals surface area (Å²) in [6.07, 6.45) is 3.24. The van der Waals surface area contributed by atoms with Gasteiger partial charge in [-0.2, -0.15) is 0 Å². The molecule has 0 bridgehead atoms. The van der Waals surface area contributed by atoms with Gasteiger partial charge in [-0.05, 0) is 31.4 Å². The minimum absolute atomic E-state index is 0.101. The highest BCUT2D eigenvalue weighted by atomic mass is 16.5. The van der Waals surface area contributed by atoms with E-state index in [9.17, 15) is 4.79 Å².